The van der Waals surface area contributed by atoms with E-state index >= 15 is 0 Å². The lowest BCUT2D eigenvalue weighted by atomic mass is 9.85. The molecular weight excluding hydrogens is 222 g/mol. The zero-order chi connectivity index (χ0) is 13.3. The van der Waals surface area contributed by atoms with Crippen LogP contribution in [0.4, 0.5) is 0 Å². The molecule has 0 aromatic carbocycles. The van der Waals surface area contributed by atoms with E-state index in [1.54, 1.807) is 0 Å². The minimum Gasteiger partial charge on any atom is -0.479 e. The fourth-order valence-electron chi connectivity index (χ4n) is 1.90. The number of carbonyl (C=O) groups excluding carboxylic acids is 1. The number of rotatable bonds is 3. The molecule has 0 bridgehead atoms. The van der Waals surface area contributed by atoms with Crippen molar-refractivity contribution in [2.24, 2.45) is 5.41 Å². The Morgan fingerprint density at radius 1 is 1.47 bits per heavy atom. The molecule has 98 valence electrons. The van der Waals surface area contributed by atoms with Crippen molar-refractivity contribution in [3.63, 3.8) is 0 Å². The highest BCUT2D eigenvalue weighted by molar-refractivity contribution is 5.80. The van der Waals surface area contributed by atoms with Crippen LogP contribution in [0.2, 0.25) is 0 Å². The molecule has 2 N–H and O–H groups in total. The Balaban J connectivity index is 2.71. The lowest BCUT2D eigenvalue weighted by Gasteiger charge is -2.28. The van der Waals surface area contributed by atoms with Gasteiger partial charge in [-0.1, -0.05) is 13.8 Å². The maximum Gasteiger partial charge on any atom is 0.337 e. The number of β-amino-alcohol motifs (C(OH)–C–C–N with tert-alkyl or cyclic N) is 1. The summed E-state index contributed by atoms with van der Waals surface area (Å²) in [5.41, 5.74) is -1.77. The van der Waals surface area contributed by atoms with Crippen LogP contribution < -0.4 is 0 Å². The summed E-state index contributed by atoms with van der Waals surface area (Å²) in [7, 11) is 0. The Labute approximate surface area is 101 Å². The van der Waals surface area contributed by atoms with E-state index in [1.807, 2.05) is 0 Å². The van der Waals surface area contributed by atoms with E-state index in [2.05, 4.69) is 13.8 Å². The maximum atomic E-state index is 11.8. The predicted molar refractivity (Wildman–Crippen MR) is 62.5 cm³/mol. The van der Waals surface area contributed by atoms with Crippen molar-refractivity contribution in [2.75, 3.05) is 13.1 Å². The van der Waals surface area contributed by atoms with E-state index < -0.39 is 11.6 Å². The fraction of sp³-hybridized carbons (Fsp3) is 0.833. The summed E-state index contributed by atoms with van der Waals surface area (Å²) >= 11 is 0. The van der Waals surface area contributed by atoms with Crippen molar-refractivity contribution < 1.29 is 19.8 Å². The monoisotopic (exact) mass is 243 g/mol. The molecule has 0 saturated carbocycles. The molecule has 1 atom stereocenters. The first-order valence-corrected chi connectivity index (χ1v) is 5.88. The molecule has 1 aliphatic rings. The summed E-state index contributed by atoms with van der Waals surface area (Å²) in [5, 5.41) is 18.5. The summed E-state index contributed by atoms with van der Waals surface area (Å²) in [6, 6.07) is 0. The Bertz CT molecular complexity index is 322. The molecule has 0 aliphatic carbocycles. The van der Waals surface area contributed by atoms with Crippen LogP contribution >= 0.6 is 0 Å². The van der Waals surface area contributed by atoms with Crippen molar-refractivity contribution in [1.29, 1.82) is 0 Å². The van der Waals surface area contributed by atoms with Gasteiger partial charge in [0.25, 0.3) is 0 Å². The van der Waals surface area contributed by atoms with Gasteiger partial charge in [-0.2, -0.15) is 0 Å². The molecule has 0 radical (unpaired) electrons. The molecule has 1 rings (SSSR count). The highest BCUT2D eigenvalue weighted by Crippen LogP contribution is 2.30. The second kappa shape index (κ2) is 4.64. The standard InChI is InChI=1S/C12H21NO4/c1-11(2)5-4-9(14)13(7-6-11)8-12(3,17)10(15)16/h17H,4-8H2,1-3H3,(H,15,16). The Kier molecular flexibility index (Phi) is 3.81. The van der Waals surface area contributed by atoms with Gasteiger partial charge in [0.2, 0.25) is 5.91 Å². The number of hydrogen-bond acceptors (Lipinski definition) is 3. The maximum absolute atomic E-state index is 11.8. The normalized spacial score (nSPS) is 24.0. The van der Waals surface area contributed by atoms with Crippen molar-refractivity contribution >= 4 is 11.9 Å². The van der Waals surface area contributed by atoms with Gasteiger partial charge in [0.05, 0.1) is 6.54 Å². The molecule has 1 saturated heterocycles. The summed E-state index contributed by atoms with van der Waals surface area (Å²) < 4.78 is 0. The summed E-state index contributed by atoms with van der Waals surface area (Å²) in [6.07, 6.45) is 2.05. The van der Waals surface area contributed by atoms with Crippen molar-refractivity contribution in [3.05, 3.63) is 0 Å². The number of aliphatic hydroxyl groups is 1. The number of amides is 1. The lowest BCUT2D eigenvalue weighted by molar-refractivity contribution is -0.159. The van der Waals surface area contributed by atoms with Crippen molar-refractivity contribution in [1.82, 2.24) is 4.90 Å². The zero-order valence-electron chi connectivity index (χ0n) is 10.7. The van der Waals surface area contributed by atoms with Gasteiger partial charge in [-0.25, -0.2) is 4.79 Å². The molecule has 1 heterocycles. The molecule has 1 amide bonds. The van der Waals surface area contributed by atoms with Crippen LogP contribution in [0.25, 0.3) is 0 Å². The third kappa shape index (κ3) is 3.70. The first-order chi connectivity index (χ1) is 7.64. The van der Waals surface area contributed by atoms with Crippen LogP contribution in [0.15, 0.2) is 0 Å². The average molecular weight is 243 g/mol. The molecule has 1 aliphatic heterocycles. The van der Waals surface area contributed by atoms with Crippen LogP contribution in [-0.4, -0.2) is 45.7 Å². The summed E-state index contributed by atoms with van der Waals surface area (Å²) in [6.45, 7) is 5.78. The average Bonchev–Trinajstić information content (AvgIpc) is 2.30. The minimum absolute atomic E-state index is 0.0721. The van der Waals surface area contributed by atoms with Crippen LogP contribution in [0, 0.1) is 5.41 Å². The number of hydrogen-bond donors (Lipinski definition) is 2. The molecule has 0 aromatic heterocycles. The number of carbonyl (C=O) groups is 2. The molecule has 5 nitrogen and oxygen atoms in total. The van der Waals surface area contributed by atoms with Crippen LogP contribution in [0.1, 0.15) is 40.0 Å². The van der Waals surface area contributed by atoms with Crippen molar-refractivity contribution in [2.45, 2.75) is 45.6 Å². The number of carboxylic acids is 1. The lowest BCUT2D eigenvalue weighted by Crippen LogP contribution is -2.48. The van der Waals surface area contributed by atoms with E-state index in [9.17, 15) is 14.7 Å². The number of nitrogens with zero attached hydrogens (tertiary/aromatic N) is 1. The SMILES string of the molecule is CC1(C)CCC(=O)N(CC(C)(O)C(=O)O)CC1. The highest BCUT2D eigenvalue weighted by Gasteiger charge is 2.36. The first-order valence-electron chi connectivity index (χ1n) is 5.88. The molecule has 1 fully saturated rings. The van der Waals surface area contributed by atoms with Gasteiger partial charge in [0.1, 0.15) is 0 Å². The number of carboxylic acid groups (broad SMARTS) is 1. The molecule has 0 spiro atoms. The van der Waals surface area contributed by atoms with E-state index in [4.69, 9.17) is 5.11 Å². The smallest absolute Gasteiger partial charge is 0.337 e. The Hall–Kier alpha value is -1.10. The molecule has 1 unspecified atom stereocenters. The third-order valence-electron chi connectivity index (χ3n) is 3.39. The summed E-state index contributed by atoms with van der Waals surface area (Å²) in [5.74, 6) is -1.37. The zero-order valence-corrected chi connectivity index (χ0v) is 10.7. The van der Waals surface area contributed by atoms with E-state index in [-0.39, 0.29) is 17.9 Å². The fourth-order valence-corrected chi connectivity index (χ4v) is 1.90. The van der Waals surface area contributed by atoms with Gasteiger partial charge >= 0.3 is 5.97 Å². The second-order valence-corrected chi connectivity index (χ2v) is 5.81. The predicted octanol–water partition coefficient (Wildman–Crippen LogP) is 0.861. The molecular formula is C12H21NO4. The number of aliphatic carboxylic acids is 1. The van der Waals surface area contributed by atoms with Gasteiger partial charge < -0.3 is 15.1 Å². The van der Waals surface area contributed by atoms with Gasteiger partial charge in [0, 0.05) is 13.0 Å². The summed E-state index contributed by atoms with van der Waals surface area (Å²) in [4.78, 5) is 24.1. The van der Waals surface area contributed by atoms with Gasteiger partial charge in [-0.3, -0.25) is 4.79 Å². The van der Waals surface area contributed by atoms with Gasteiger partial charge in [-0.05, 0) is 25.2 Å². The van der Waals surface area contributed by atoms with E-state index in [0.29, 0.717) is 13.0 Å². The van der Waals surface area contributed by atoms with Crippen LogP contribution in [0.3, 0.4) is 0 Å². The molecule has 17 heavy (non-hydrogen) atoms. The van der Waals surface area contributed by atoms with E-state index in [1.165, 1.54) is 11.8 Å². The molecule has 5 heteroatoms. The van der Waals surface area contributed by atoms with Gasteiger partial charge in [0.15, 0.2) is 5.60 Å². The third-order valence-corrected chi connectivity index (χ3v) is 3.39. The Morgan fingerprint density at radius 2 is 2.06 bits per heavy atom. The first kappa shape index (κ1) is 14.0. The van der Waals surface area contributed by atoms with Gasteiger partial charge in [-0.15, -0.1) is 0 Å². The van der Waals surface area contributed by atoms with Crippen molar-refractivity contribution in [3.8, 4) is 0 Å². The van der Waals surface area contributed by atoms with Crippen LogP contribution in [-0.2, 0) is 9.59 Å². The molecule has 0 aromatic rings. The quantitative estimate of drug-likeness (QED) is 0.770. The minimum atomic E-state index is -1.87. The highest BCUT2D eigenvalue weighted by atomic mass is 16.4. The van der Waals surface area contributed by atoms with Crippen LogP contribution in [0.5, 0.6) is 0 Å². The Morgan fingerprint density at radius 3 is 2.59 bits per heavy atom. The van der Waals surface area contributed by atoms with E-state index in [0.717, 1.165) is 12.8 Å². The number of likely N-dealkylation sites (tertiary alicyclic amines) is 1. The topological polar surface area (TPSA) is 77.8 Å². The second-order valence-electron chi connectivity index (χ2n) is 5.81. The largest absolute Gasteiger partial charge is 0.479 e.